The van der Waals surface area contributed by atoms with Gasteiger partial charge in [-0.1, -0.05) is 6.07 Å². The van der Waals surface area contributed by atoms with Crippen molar-refractivity contribution >= 4 is 16.9 Å². The number of nitrogens with zero attached hydrogens (tertiary/aromatic N) is 4. The lowest BCUT2D eigenvalue weighted by Gasteiger charge is -2.20. The number of aromatic nitrogens is 4. The van der Waals surface area contributed by atoms with Gasteiger partial charge in [-0.25, -0.2) is 9.67 Å². The summed E-state index contributed by atoms with van der Waals surface area (Å²) >= 11 is 0. The number of rotatable bonds is 8. The van der Waals surface area contributed by atoms with Crippen LogP contribution < -0.4 is 14.8 Å². The van der Waals surface area contributed by atoms with Crippen LogP contribution in [0.3, 0.4) is 0 Å². The maximum atomic E-state index is 13.5. The van der Waals surface area contributed by atoms with Crippen LogP contribution in [0.4, 0.5) is 0 Å². The third-order valence-electron chi connectivity index (χ3n) is 6.53. The molecule has 0 saturated heterocycles. The first-order valence-electron chi connectivity index (χ1n) is 12.6. The molecule has 0 bridgehead atoms. The fourth-order valence-corrected chi connectivity index (χ4v) is 4.40. The van der Waals surface area contributed by atoms with E-state index in [-0.39, 0.29) is 11.4 Å². The minimum Gasteiger partial charge on any atom is -0.493 e. The van der Waals surface area contributed by atoms with E-state index in [0.717, 1.165) is 46.4 Å². The summed E-state index contributed by atoms with van der Waals surface area (Å²) in [4.78, 5) is 22.5. The van der Waals surface area contributed by atoms with Crippen molar-refractivity contribution in [2.45, 2.75) is 65.1 Å². The summed E-state index contributed by atoms with van der Waals surface area (Å²) in [5, 5.41) is 8.66. The second kappa shape index (κ2) is 9.84. The van der Waals surface area contributed by atoms with Crippen molar-refractivity contribution in [3.63, 3.8) is 0 Å². The van der Waals surface area contributed by atoms with Gasteiger partial charge in [-0.2, -0.15) is 5.10 Å². The van der Waals surface area contributed by atoms with E-state index in [4.69, 9.17) is 19.6 Å². The molecule has 8 nitrogen and oxygen atoms in total. The molecule has 1 fully saturated rings. The summed E-state index contributed by atoms with van der Waals surface area (Å²) in [7, 11) is 1.61. The molecule has 0 atom stereocenters. The number of carbonyl (C=O) groups is 1. The largest absolute Gasteiger partial charge is 0.493 e. The van der Waals surface area contributed by atoms with Crippen molar-refractivity contribution in [2.24, 2.45) is 0 Å². The average molecular weight is 500 g/mol. The fourth-order valence-electron chi connectivity index (χ4n) is 4.40. The Morgan fingerprint density at radius 2 is 1.84 bits per heavy atom. The highest BCUT2D eigenvalue weighted by Crippen LogP contribution is 2.41. The summed E-state index contributed by atoms with van der Waals surface area (Å²) in [6.07, 6.45) is 5.69. The molecule has 37 heavy (non-hydrogen) atoms. The van der Waals surface area contributed by atoms with Gasteiger partial charge in [0.05, 0.1) is 29.3 Å². The van der Waals surface area contributed by atoms with Gasteiger partial charge in [0.1, 0.15) is 6.61 Å². The van der Waals surface area contributed by atoms with E-state index >= 15 is 0 Å². The van der Waals surface area contributed by atoms with Crippen LogP contribution in [0.25, 0.3) is 11.0 Å². The van der Waals surface area contributed by atoms with Crippen LogP contribution in [-0.4, -0.2) is 32.8 Å². The van der Waals surface area contributed by atoms with E-state index in [1.54, 1.807) is 19.5 Å². The maximum absolute atomic E-state index is 13.5. The van der Waals surface area contributed by atoms with E-state index < -0.39 is 0 Å². The summed E-state index contributed by atoms with van der Waals surface area (Å²) in [5.74, 6) is 1.54. The molecular formula is C29H33N5O3. The second-order valence-corrected chi connectivity index (χ2v) is 10.5. The minimum atomic E-state index is -0.243. The number of carbonyl (C=O) groups excluding carboxylic acids is 1. The van der Waals surface area contributed by atoms with Crippen molar-refractivity contribution in [3.8, 4) is 11.5 Å². The third-order valence-corrected chi connectivity index (χ3v) is 6.53. The number of methoxy groups -OCH3 is 1. The Hall–Kier alpha value is -3.94. The molecule has 1 amide bonds. The number of benzene rings is 1. The Kier molecular flexibility index (Phi) is 6.58. The Bertz CT molecular complexity index is 1440. The van der Waals surface area contributed by atoms with Gasteiger partial charge in [-0.05, 0) is 82.0 Å². The number of pyridine rings is 2. The number of nitrogens with one attached hydrogen (secondary N) is 1. The average Bonchev–Trinajstić information content (AvgIpc) is 3.68. The summed E-state index contributed by atoms with van der Waals surface area (Å²) < 4.78 is 13.4. The molecule has 5 rings (SSSR count). The monoisotopic (exact) mass is 499 g/mol. The minimum absolute atomic E-state index is 0.136. The van der Waals surface area contributed by atoms with Crippen LogP contribution in [0.15, 0.2) is 48.8 Å². The van der Waals surface area contributed by atoms with Gasteiger partial charge in [0.2, 0.25) is 0 Å². The molecule has 0 unspecified atom stereocenters. The molecule has 1 N–H and O–H groups in total. The van der Waals surface area contributed by atoms with E-state index in [1.807, 2.05) is 48.0 Å². The number of hydrogen-bond acceptors (Lipinski definition) is 6. The lowest BCUT2D eigenvalue weighted by molar-refractivity contribution is 0.0952. The molecular weight excluding hydrogens is 466 g/mol. The van der Waals surface area contributed by atoms with Gasteiger partial charge >= 0.3 is 0 Å². The van der Waals surface area contributed by atoms with Crippen molar-refractivity contribution < 1.29 is 14.3 Å². The van der Waals surface area contributed by atoms with Gasteiger partial charge < -0.3 is 14.8 Å². The van der Waals surface area contributed by atoms with Crippen LogP contribution >= 0.6 is 0 Å². The quantitative estimate of drug-likeness (QED) is 0.354. The SMILES string of the molecule is COc1cc(CNC(=O)c2cc(C3CC3)nc3c2c(C)nn3C(C)(C)C)ccc1OCc1ccncc1. The van der Waals surface area contributed by atoms with Gasteiger partial charge in [0.15, 0.2) is 17.1 Å². The molecule has 1 aliphatic carbocycles. The van der Waals surface area contributed by atoms with Crippen molar-refractivity contribution in [1.29, 1.82) is 0 Å². The molecule has 0 spiro atoms. The van der Waals surface area contributed by atoms with Gasteiger partial charge in [-0.3, -0.25) is 9.78 Å². The van der Waals surface area contributed by atoms with Crippen LogP contribution in [-0.2, 0) is 18.7 Å². The van der Waals surface area contributed by atoms with Crippen LogP contribution in [0.1, 0.15) is 72.4 Å². The van der Waals surface area contributed by atoms with Crippen molar-refractivity contribution in [2.75, 3.05) is 7.11 Å². The Balaban J connectivity index is 1.36. The molecule has 3 aromatic heterocycles. The topological polar surface area (TPSA) is 91.2 Å². The Labute approximate surface area is 217 Å². The van der Waals surface area contributed by atoms with Crippen molar-refractivity contribution in [1.82, 2.24) is 25.1 Å². The molecule has 0 aliphatic heterocycles. The Morgan fingerprint density at radius 3 is 2.51 bits per heavy atom. The summed E-state index contributed by atoms with van der Waals surface area (Å²) in [6.45, 7) is 9.01. The van der Waals surface area contributed by atoms with Gasteiger partial charge in [-0.15, -0.1) is 0 Å². The molecule has 192 valence electrons. The first-order chi connectivity index (χ1) is 17.7. The predicted molar refractivity (Wildman–Crippen MR) is 142 cm³/mol. The number of amides is 1. The highest BCUT2D eigenvalue weighted by Gasteiger charge is 2.30. The smallest absolute Gasteiger partial charge is 0.252 e. The van der Waals surface area contributed by atoms with E-state index in [1.165, 1.54) is 0 Å². The number of aryl methyl sites for hydroxylation is 1. The summed E-state index contributed by atoms with van der Waals surface area (Å²) in [6, 6.07) is 11.5. The van der Waals surface area contributed by atoms with Crippen LogP contribution in [0.2, 0.25) is 0 Å². The zero-order valence-corrected chi connectivity index (χ0v) is 22.0. The normalized spacial score (nSPS) is 13.5. The molecule has 1 aromatic carbocycles. The molecule has 1 saturated carbocycles. The van der Waals surface area contributed by atoms with E-state index in [9.17, 15) is 4.79 Å². The van der Waals surface area contributed by atoms with E-state index in [2.05, 4.69) is 31.1 Å². The van der Waals surface area contributed by atoms with Gasteiger partial charge in [0, 0.05) is 30.6 Å². The maximum Gasteiger partial charge on any atom is 0.252 e. The number of fused-ring (bicyclic) bond motifs is 1. The lowest BCUT2D eigenvalue weighted by atomic mass is 10.1. The molecule has 1 aliphatic rings. The van der Waals surface area contributed by atoms with E-state index in [0.29, 0.717) is 36.1 Å². The van der Waals surface area contributed by atoms with Crippen LogP contribution in [0, 0.1) is 6.92 Å². The summed E-state index contributed by atoms with van der Waals surface area (Å²) in [5.41, 5.74) is 4.88. The fraction of sp³-hybridized carbons (Fsp3) is 0.379. The zero-order chi connectivity index (χ0) is 26.2. The molecule has 4 aromatic rings. The second-order valence-electron chi connectivity index (χ2n) is 10.5. The first-order valence-corrected chi connectivity index (χ1v) is 12.6. The van der Waals surface area contributed by atoms with Crippen LogP contribution in [0.5, 0.6) is 11.5 Å². The number of ether oxygens (including phenoxy) is 2. The Morgan fingerprint density at radius 1 is 1.08 bits per heavy atom. The standard InChI is InChI=1S/C29H33N5O3/c1-18-26-22(15-23(21-7-8-21)32-27(26)34(33-18)29(2,3)4)28(35)31-16-20-6-9-24(25(14-20)36-5)37-17-19-10-12-30-13-11-19/h6,9-15,21H,7-8,16-17H2,1-5H3,(H,31,35). The van der Waals surface area contributed by atoms with Crippen molar-refractivity contribution in [3.05, 3.63) is 76.9 Å². The molecule has 0 radical (unpaired) electrons. The highest BCUT2D eigenvalue weighted by atomic mass is 16.5. The molecule has 3 heterocycles. The lowest BCUT2D eigenvalue weighted by Crippen LogP contribution is -2.25. The van der Waals surface area contributed by atoms with Gasteiger partial charge in [0.25, 0.3) is 5.91 Å². The molecule has 8 heteroatoms. The third kappa shape index (κ3) is 5.28. The highest BCUT2D eigenvalue weighted by molar-refractivity contribution is 6.06. The predicted octanol–water partition coefficient (Wildman–Crippen LogP) is 5.28. The zero-order valence-electron chi connectivity index (χ0n) is 22.0. The first kappa shape index (κ1) is 24.7. The number of hydrogen-bond donors (Lipinski definition) is 1.